The minimum Gasteiger partial charge on any atom is -0.326 e. The summed E-state index contributed by atoms with van der Waals surface area (Å²) in [7, 11) is -0.872. The number of hydrogen-bond donors (Lipinski definition) is 1. The average Bonchev–Trinajstić information content (AvgIpc) is 2.42. The monoisotopic (exact) mass is 273 g/mol. The Morgan fingerprint density at radius 3 is 2.37 bits per heavy atom. The predicted molar refractivity (Wildman–Crippen MR) is 81.1 cm³/mol. The van der Waals surface area contributed by atoms with E-state index in [1.807, 2.05) is 49.4 Å². The SMILES string of the molecule is Cc1cc(CN)ccc1CS(=O)Cc1ccccc1. The van der Waals surface area contributed by atoms with Crippen molar-refractivity contribution in [2.45, 2.75) is 25.0 Å². The molecule has 0 amide bonds. The normalized spacial score (nSPS) is 12.3. The molecule has 0 aromatic heterocycles. The third-order valence-electron chi connectivity index (χ3n) is 3.13. The van der Waals surface area contributed by atoms with Gasteiger partial charge in [0.25, 0.3) is 0 Å². The van der Waals surface area contributed by atoms with Gasteiger partial charge in [-0.1, -0.05) is 48.5 Å². The predicted octanol–water partition coefficient (Wildman–Crippen LogP) is 2.90. The van der Waals surface area contributed by atoms with E-state index in [0.717, 1.165) is 16.7 Å². The fraction of sp³-hybridized carbons (Fsp3) is 0.250. The lowest BCUT2D eigenvalue weighted by molar-refractivity contribution is 0.682. The molecule has 0 heterocycles. The number of aryl methyl sites for hydroxylation is 1. The highest BCUT2D eigenvalue weighted by Crippen LogP contribution is 2.15. The zero-order chi connectivity index (χ0) is 13.7. The molecule has 2 aromatic rings. The van der Waals surface area contributed by atoms with Gasteiger partial charge in [-0.05, 0) is 29.2 Å². The molecular weight excluding hydrogens is 254 g/mol. The maximum atomic E-state index is 12.2. The molecule has 100 valence electrons. The molecule has 0 fully saturated rings. The summed E-state index contributed by atoms with van der Waals surface area (Å²) in [6, 6.07) is 16.1. The van der Waals surface area contributed by atoms with Gasteiger partial charge in [-0.2, -0.15) is 0 Å². The average molecular weight is 273 g/mol. The number of hydrogen-bond acceptors (Lipinski definition) is 2. The van der Waals surface area contributed by atoms with E-state index in [-0.39, 0.29) is 0 Å². The van der Waals surface area contributed by atoms with E-state index in [9.17, 15) is 4.21 Å². The van der Waals surface area contributed by atoms with Gasteiger partial charge in [-0.25, -0.2) is 0 Å². The summed E-state index contributed by atoms with van der Waals surface area (Å²) >= 11 is 0. The summed E-state index contributed by atoms with van der Waals surface area (Å²) in [5.74, 6) is 1.21. The number of rotatable bonds is 5. The summed E-state index contributed by atoms with van der Waals surface area (Å²) in [5.41, 5.74) is 10.2. The molecule has 0 bridgehead atoms. The third kappa shape index (κ3) is 4.01. The number of benzene rings is 2. The third-order valence-corrected chi connectivity index (χ3v) is 4.42. The minimum absolute atomic E-state index is 0.550. The van der Waals surface area contributed by atoms with Crippen LogP contribution in [-0.4, -0.2) is 4.21 Å². The largest absolute Gasteiger partial charge is 0.326 e. The summed E-state index contributed by atoms with van der Waals surface area (Å²) in [5, 5.41) is 0. The molecule has 19 heavy (non-hydrogen) atoms. The Bertz CT molecular complexity index is 566. The quantitative estimate of drug-likeness (QED) is 0.910. The van der Waals surface area contributed by atoms with Gasteiger partial charge in [0.1, 0.15) is 0 Å². The Balaban J connectivity index is 2.03. The van der Waals surface area contributed by atoms with E-state index < -0.39 is 10.8 Å². The molecule has 1 atom stereocenters. The van der Waals surface area contributed by atoms with E-state index >= 15 is 0 Å². The molecule has 0 saturated heterocycles. The van der Waals surface area contributed by atoms with Gasteiger partial charge in [-0.3, -0.25) is 4.21 Å². The fourth-order valence-corrected chi connectivity index (χ4v) is 3.37. The van der Waals surface area contributed by atoms with Gasteiger partial charge < -0.3 is 5.73 Å². The van der Waals surface area contributed by atoms with Crippen LogP contribution in [0.3, 0.4) is 0 Å². The lowest BCUT2D eigenvalue weighted by atomic mass is 10.1. The van der Waals surface area contributed by atoms with Crippen molar-refractivity contribution in [1.29, 1.82) is 0 Å². The molecule has 2 nitrogen and oxygen atoms in total. The Morgan fingerprint density at radius 1 is 1.00 bits per heavy atom. The van der Waals surface area contributed by atoms with Crippen molar-refractivity contribution in [3.05, 3.63) is 70.8 Å². The zero-order valence-corrected chi connectivity index (χ0v) is 12.0. The molecule has 0 saturated carbocycles. The van der Waals surface area contributed by atoms with Crippen molar-refractivity contribution in [2.75, 3.05) is 0 Å². The van der Waals surface area contributed by atoms with E-state index in [1.54, 1.807) is 0 Å². The summed E-state index contributed by atoms with van der Waals surface area (Å²) in [4.78, 5) is 0. The van der Waals surface area contributed by atoms with Crippen LogP contribution in [0.15, 0.2) is 48.5 Å². The first-order valence-electron chi connectivity index (χ1n) is 6.36. The summed E-state index contributed by atoms with van der Waals surface area (Å²) < 4.78 is 12.2. The first kappa shape index (κ1) is 14.0. The highest BCUT2D eigenvalue weighted by molar-refractivity contribution is 7.83. The Morgan fingerprint density at radius 2 is 1.74 bits per heavy atom. The molecule has 1 unspecified atom stereocenters. The van der Waals surface area contributed by atoms with Crippen molar-refractivity contribution in [1.82, 2.24) is 0 Å². The fourth-order valence-electron chi connectivity index (χ4n) is 2.03. The smallest absolute Gasteiger partial charge is 0.0491 e. The second-order valence-electron chi connectivity index (χ2n) is 4.68. The van der Waals surface area contributed by atoms with Crippen molar-refractivity contribution in [3.8, 4) is 0 Å². The van der Waals surface area contributed by atoms with Crippen LogP contribution in [0.25, 0.3) is 0 Å². The van der Waals surface area contributed by atoms with Crippen molar-refractivity contribution in [3.63, 3.8) is 0 Å². The van der Waals surface area contributed by atoms with Crippen LogP contribution in [-0.2, 0) is 28.9 Å². The second kappa shape index (κ2) is 6.64. The minimum atomic E-state index is -0.872. The van der Waals surface area contributed by atoms with E-state index in [2.05, 4.69) is 6.07 Å². The zero-order valence-electron chi connectivity index (χ0n) is 11.1. The summed E-state index contributed by atoms with van der Waals surface area (Å²) in [6.45, 7) is 2.60. The first-order valence-corrected chi connectivity index (χ1v) is 7.85. The van der Waals surface area contributed by atoms with E-state index in [0.29, 0.717) is 18.1 Å². The van der Waals surface area contributed by atoms with Crippen LogP contribution >= 0.6 is 0 Å². The Hall–Kier alpha value is -1.45. The van der Waals surface area contributed by atoms with Crippen LogP contribution in [0.5, 0.6) is 0 Å². The van der Waals surface area contributed by atoms with Crippen LogP contribution in [0.1, 0.15) is 22.3 Å². The van der Waals surface area contributed by atoms with Gasteiger partial charge in [-0.15, -0.1) is 0 Å². The molecule has 0 aliphatic carbocycles. The maximum absolute atomic E-state index is 12.2. The Labute approximate surface area is 117 Å². The number of nitrogens with two attached hydrogens (primary N) is 1. The van der Waals surface area contributed by atoms with Crippen LogP contribution in [0.4, 0.5) is 0 Å². The van der Waals surface area contributed by atoms with Crippen molar-refractivity contribution in [2.24, 2.45) is 5.73 Å². The molecule has 3 heteroatoms. The maximum Gasteiger partial charge on any atom is 0.0491 e. The highest BCUT2D eigenvalue weighted by atomic mass is 32.2. The molecule has 0 radical (unpaired) electrons. The van der Waals surface area contributed by atoms with E-state index in [4.69, 9.17) is 5.73 Å². The van der Waals surface area contributed by atoms with E-state index in [1.165, 1.54) is 5.56 Å². The topological polar surface area (TPSA) is 43.1 Å². The van der Waals surface area contributed by atoms with Gasteiger partial charge in [0, 0.05) is 28.9 Å². The lowest BCUT2D eigenvalue weighted by Crippen LogP contribution is -2.03. The van der Waals surface area contributed by atoms with Crippen LogP contribution < -0.4 is 5.73 Å². The lowest BCUT2D eigenvalue weighted by Gasteiger charge is -2.08. The highest BCUT2D eigenvalue weighted by Gasteiger charge is 2.06. The molecule has 2 aromatic carbocycles. The Kier molecular flexibility index (Phi) is 4.88. The van der Waals surface area contributed by atoms with Crippen LogP contribution in [0, 0.1) is 6.92 Å². The second-order valence-corrected chi connectivity index (χ2v) is 6.14. The summed E-state index contributed by atoms with van der Waals surface area (Å²) in [6.07, 6.45) is 0. The molecule has 0 aliphatic heterocycles. The van der Waals surface area contributed by atoms with Crippen molar-refractivity contribution >= 4 is 10.8 Å². The molecular formula is C16H19NOS. The van der Waals surface area contributed by atoms with Gasteiger partial charge >= 0.3 is 0 Å². The molecule has 0 spiro atoms. The van der Waals surface area contributed by atoms with Gasteiger partial charge in [0.2, 0.25) is 0 Å². The molecule has 2 N–H and O–H groups in total. The first-order chi connectivity index (χ1) is 9.19. The molecule has 2 rings (SSSR count). The standard InChI is InChI=1S/C16H19NOS/c1-13-9-15(10-17)7-8-16(13)12-19(18)11-14-5-3-2-4-6-14/h2-9H,10-12,17H2,1H3. The van der Waals surface area contributed by atoms with Gasteiger partial charge in [0.15, 0.2) is 0 Å². The van der Waals surface area contributed by atoms with Crippen molar-refractivity contribution < 1.29 is 4.21 Å². The molecule has 0 aliphatic rings. The van der Waals surface area contributed by atoms with Gasteiger partial charge in [0.05, 0.1) is 0 Å². The van der Waals surface area contributed by atoms with Crippen LogP contribution in [0.2, 0.25) is 0 Å².